The van der Waals surface area contributed by atoms with Crippen molar-refractivity contribution in [2.45, 2.75) is 187 Å². The van der Waals surface area contributed by atoms with E-state index in [-0.39, 0.29) is 0 Å². The van der Waals surface area contributed by atoms with Crippen LogP contribution in [0.4, 0.5) is 4.79 Å². The van der Waals surface area contributed by atoms with Gasteiger partial charge in [-0.15, -0.1) is 0 Å². The van der Waals surface area contributed by atoms with Gasteiger partial charge in [0.15, 0.2) is 0 Å². The van der Waals surface area contributed by atoms with Crippen LogP contribution >= 0.6 is 0 Å². The fourth-order valence-electron chi connectivity index (χ4n) is 4.82. The summed E-state index contributed by atoms with van der Waals surface area (Å²) >= 11 is 0. The Labute approximate surface area is 232 Å². The van der Waals surface area contributed by atoms with Crippen molar-refractivity contribution < 1.29 is 14.3 Å². The first kappa shape index (κ1) is 36.0. The van der Waals surface area contributed by atoms with Crippen LogP contribution in [0.15, 0.2) is 12.2 Å². The molecule has 3 nitrogen and oxygen atoms in total. The van der Waals surface area contributed by atoms with E-state index in [9.17, 15) is 4.79 Å². The zero-order valence-corrected chi connectivity index (χ0v) is 25.4. The molecule has 0 atom stereocenters. The first-order valence-corrected chi connectivity index (χ1v) is 16.8. The van der Waals surface area contributed by atoms with Gasteiger partial charge >= 0.3 is 6.16 Å². The highest BCUT2D eigenvalue weighted by atomic mass is 16.7. The van der Waals surface area contributed by atoms with E-state index >= 15 is 0 Å². The van der Waals surface area contributed by atoms with Gasteiger partial charge in [0.1, 0.15) is 0 Å². The molecule has 0 saturated carbocycles. The summed E-state index contributed by atoms with van der Waals surface area (Å²) < 4.78 is 10.4. The Morgan fingerprint density at radius 1 is 0.405 bits per heavy atom. The number of ether oxygens (including phenoxy) is 2. The van der Waals surface area contributed by atoms with E-state index in [1.807, 2.05) is 0 Å². The molecule has 0 radical (unpaired) electrons. The van der Waals surface area contributed by atoms with Gasteiger partial charge in [0.05, 0.1) is 13.2 Å². The average Bonchev–Trinajstić information content (AvgIpc) is 2.90. The average molecular weight is 523 g/mol. The maximum atomic E-state index is 11.7. The minimum absolute atomic E-state index is 0.481. The Hall–Kier alpha value is -0.990. The molecule has 0 aromatic carbocycles. The second-order valence-electron chi connectivity index (χ2n) is 11.1. The van der Waals surface area contributed by atoms with E-state index in [0.717, 1.165) is 25.7 Å². The summed E-state index contributed by atoms with van der Waals surface area (Å²) in [6.07, 6.45) is 39.6. The standard InChI is InChI=1S/C34H66O3/c1-3-5-7-9-11-13-15-16-17-18-19-20-21-23-25-27-29-31-33-37-34(35)36-32-30-28-26-24-22-14-12-10-8-6-4-2/h18-19H,3-17,20-33H2,1-2H3. The topological polar surface area (TPSA) is 35.5 Å². The minimum Gasteiger partial charge on any atom is -0.434 e. The van der Waals surface area contributed by atoms with Gasteiger partial charge in [-0.05, 0) is 38.5 Å². The largest absolute Gasteiger partial charge is 0.508 e. The van der Waals surface area contributed by atoms with Gasteiger partial charge in [-0.25, -0.2) is 4.79 Å². The molecule has 0 bridgehead atoms. The molecule has 0 N–H and O–H groups in total. The van der Waals surface area contributed by atoms with E-state index in [2.05, 4.69) is 26.0 Å². The maximum absolute atomic E-state index is 11.7. The molecule has 0 aromatic rings. The van der Waals surface area contributed by atoms with Crippen molar-refractivity contribution in [1.29, 1.82) is 0 Å². The van der Waals surface area contributed by atoms with Gasteiger partial charge in [0.2, 0.25) is 0 Å². The molecule has 0 spiro atoms. The van der Waals surface area contributed by atoms with Gasteiger partial charge in [0, 0.05) is 0 Å². The summed E-state index contributed by atoms with van der Waals surface area (Å²) in [7, 11) is 0. The van der Waals surface area contributed by atoms with Crippen molar-refractivity contribution in [2.75, 3.05) is 13.2 Å². The highest BCUT2D eigenvalue weighted by Crippen LogP contribution is 2.13. The van der Waals surface area contributed by atoms with Crippen molar-refractivity contribution in [1.82, 2.24) is 0 Å². The van der Waals surface area contributed by atoms with Crippen LogP contribution in [-0.4, -0.2) is 19.4 Å². The predicted octanol–water partition coefficient (Wildman–Crippen LogP) is 12.3. The second-order valence-corrected chi connectivity index (χ2v) is 11.1. The van der Waals surface area contributed by atoms with E-state index < -0.39 is 6.16 Å². The number of allylic oxidation sites excluding steroid dienone is 2. The van der Waals surface area contributed by atoms with Gasteiger partial charge in [0.25, 0.3) is 0 Å². The van der Waals surface area contributed by atoms with Crippen molar-refractivity contribution in [2.24, 2.45) is 0 Å². The highest BCUT2D eigenvalue weighted by molar-refractivity contribution is 5.59. The second kappa shape index (κ2) is 33.0. The number of carbonyl (C=O) groups is 1. The monoisotopic (exact) mass is 523 g/mol. The summed E-state index contributed by atoms with van der Waals surface area (Å²) in [5.74, 6) is 0. The van der Waals surface area contributed by atoms with E-state index in [4.69, 9.17) is 9.47 Å². The number of rotatable bonds is 30. The fraction of sp³-hybridized carbons (Fsp3) is 0.912. The Balaban J connectivity index is 3.19. The quantitative estimate of drug-likeness (QED) is 0.0534. The SMILES string of the molecule is CCCCCCCCCCC=CCCCCCCCCOC(=O)OCCCCCCCCCCCCC. The van der Waals surface area contributed by atoms with Crippen molar-refractivity contribution in [3.8, 4) is 0 Å². The summed E-state index contributed by atoms with van der Waals surface area (Å²) in [5.41, 5.74) is 0. The normalized spacial score (nSPS) is 11.4. The number of unbranched alkanes of at least 4 members (excludes halogenated alkanes) is 24. The Morgan fingerprint density at radius 3 is 1.00 bits per heavy atom. The zero-order valence-electron chi connectivity index (χ0n) is 25.4. The molecule has 37 heavy (non-hydrogen) atoms. The highest BCUT2D eigenvalue weighted by Gasteiger charge is 2.03. The fourth-order valence-corrected chi connectivity index (χ4v) is 4.82. The van der Waals surface area contributed by atoms with Crippen LogP contribution in [0, 0.1) is 0 Å². The Morgan fingerprint density at radius 2 is 0.676 bits per heavy atom. The van der Waals surface area contributed by atoms with Gasteiger partial charge < -0.3 is 9.47 Å². The molecule has 0 aliphatic carbocycles. The van der Waals surface area contributed by atoms with Crippen LogP contribution in [0.3, 0.4) is 0 Å². The van der Waals surface area contributed by atoms with Crippen LogP contribution in [0.5, 0.6) is 0 Å². The lowest BCUT2D eigenvalue weighted by Gasteiger charge is -2.06. The van der Waals surface area contributed by atoms with Crippen molar-refractivity contribution in [3.63, 3.8) is 0 Å². The van der Waals surface area contributed by atoms with Crippen LogP contribution in [0.1, 0.15) is 187 Å². The lowest BCUT2D eigenvalue weighted by molar-refractivity contribution is 0.0529. The molecule has 0 aromatic heterocycles. The molecule has 0 aliphatic rings. The first-order chi connectivity index (χ1) is 18.3. The summed E-state index contributed by atoms with van der Waals surface area (Å²) in [5, 5.41) is 0. The van der Waals surface area contributed by atoms with Gasteiger partial charge in [-0.3, -0.25) is 0 Å². The Bertz CT molecular complexity index is 460. The number of carbonyl (C=O) groups excluding carboxylic acids is 1. The molecule has 0 rings (SSSR count). The third-order valence-corrected chi connectivity index (χ3v) is 7.34. The third-order valence-electron chi connectivity index (χ3n) is 7.34. The van der Waals surface area contributed by atoms with E-state index in [0.29, 0.717) is 13.2 Å². The molecular formula is C34H66O3. The van der Waals surface area contributed by atoms with Crippen LogP contribution in [-0.2, 0) is 9.47 Å². The molecule has 0 amide bonds. The smallest absolute Gasteiger partial charge is 0.434 e. The molecule has 0 aliphatic heterocycles. The molecule has 3 heteroatoms. The maximum Gasteiger partial charge on any atom is 0.508 e. The van der Waals surface area contributed by atoms with E-state index in [1.54, 1.807) is 0 Å². The first-order valence-electron chi connectivity index (χ1n) is 16.8. The zero-order chi connectivity index (χ0) is 26.9. The molecule has 0 saturated heterocycles. The molecular weight excluding hydrogens is 456 g/mol. The summed E-state index contributed by atoms with van der Waals surface area (Å²) in [6, 6.07) is 0. The Kier molecular flexibility index (Phi) is 32.2. The summed E-state index contributed by atoms with van der Waals surface area (Å²) in [6.45, 7) is 5.55. The van der Waals surface area contributed by atoms with Crippen LogP contribution < -0.4 is 0 Å². The van der Waals surface area contributed by atoms with Gasteiger partial charge in [-0.2, -0.15) is 0 Å². The van der Waals surface area contributed by atoms with Gasteiger partial charge in [-0.1, -0.05) is 161 Å². The lowest BCUT2D eigenvalue weighted by atomic mass is 10.1. The summed E-state index contributed by atoms with van der Waals surface area (Å²) in [4.78, 5) is 11.7. The van der Waals surface area contributed by atoms with E-state index in [1.165, 1.54) is 148 Å². The van der Waals surface area contributed by atoms with Crippen LogP contribution in [0.2, 0.25) is 0 Å². The molecule has 0 fully saturated rings. The molecule has 0 unspecified atom stereocenters. The molecule has 0 heterocycles. The van der Waals surface area contributed by atoms with Crippen LogP contribution in [0.25, 0.3) is 0 Å². The third kappa shape index (κ3) is 33.0. The minimum atomic E-state index is -0.481. The number of hydrogen-bond acceptors (Lipinski definition) is 3. The molecule has 220 valence electrons. The van der Waals surface area contributed by atoms with Crippen molar-refractivity contribution >= 4 is 6.16 Å². The van der Waals surface area contributed by atoms with Crippen molar-refractivity contribution in [3.05, 3.63) is 12.2 Å². The lowest BCUT2D eigenvalue weighted by Crippen LogP contribution is -2.09. The number of hydrogen-bond donors (Lipinski definition) is 0. The predicted molar refractivity (Wildman–Crippen MR) is 162 cm³/mol.